The van der Waals surface area contributed by atoms with Gasteiger partial charge in [0.2, 0.25) is 0 Å². The molecule has 0 aromatic heterocycles. The SMILES string of the molecule is CN(CCCCCO)C(=O)COc1ccc(Br)cc1Cl. The Balaban J connectivity index is 2.34. The monoisotopic (exact) mass is 363 g/mol. The van der Waals surface area contributed by atoms with E-state index in [4.69, 9.17) is 21.4 Å². The number of ether oxygens (including phenoxy) is 1. The largest absolute Gasteiger partial charge is 0.482 e. The predicted octanol–water partition coefficient (Wildman–Crippen LogP) is 3.10. The molecule has 0 heterocycles. The number of benzene rings is 1. The van der Waals surface area contributed by atoms with Crippen molar-refractivity contribution in [2.24, 2.45) is 0 Å². The van der Waals surface area contributed by atoms with Crippen LogP contribution in [-0.4, -0.2) is 42.7 Å². The van der Waals surface area contributed by atoms with E-state index in [2.05, 4.69) is 15.9 Å². The topological polar surface area (TPSA) is 49.8 Å². The Morgan fingerprint density at radius 3 is 2.80 bits per heavy atom. The van der Waals surface area contributed by atoms with E-state index in [1.807, 2.05) is 6.07 Å². The first-order chi connectivity index (χ1) is 9.54. The molecule has 6 heteroatoms. The lowest BCUT2D eigenvalue weighted by molar-refractivity contribution is -0.132. The lowest BCUT2D eigenvalue weighted by Crippen LogP contribution is -2.32. The normalized spacial score (nSPS) is 10.4. The van der Waals surface area contributed by atoms with Crippen LogP contribution >= 0.6 is 27.5 Å². The van der Waals surface area contributed by atoms with Gasteiger partial charge < -0.3 is 14.7 Å². The number of aliphatic hydroxyl groups is 1. The number of carbonyl (C=O) groups is 1. The molecule has 1 amide bonds. The summed E-state index contributed by atoms with van der Waals surface area (Å²) in [6, 6.07) is 5.26. The molecule has 0 radical (unpaired) electrons. The number of carbonyl (C=O) groups excluding carboxylic acids is 1. The molecule has 0 aliphatic rings. The number of halogens is 2. The Hall–Kier alpha value is -0.780. The Kier molecular flexibility index (Phi) is 7.95. The van der Waals surface area contributed by atoms with Crippen molar-refractivity contribution < 1.29 is 14.6 Å². The number of nitrogens with zero attached hydrogens (tertiary/aromatic N) is 1. The van der Waals surface area contributed by atoms with Crippen molar-refractivity contribution in [3.63, 3.8) is 0 Å². The van der Waals surface area contributed by atoms with E-state index in [1.54, 1.807) is 24.1 Å². The van der Waals surface area contributed by atoms with Gasteiger partial charge in [-0.25, -0.2) is 0 Å². The van der Waals surface area contributed by atoms with Gasteiger partial charge in [-0.05, 0) is 37.5 Å². The summed E-state index contributed by atoms with van der Waals surface area (Å²) >= 11 is 9.32. The van der Waals surface area contributed by atoms with E-state index in [0.29, 0.717) is 17.3 Å². The van der Waals surface area contributed by atoms with Crippen LogP contribution in [-0.2, 0) is 4.79 Å². The molecule has 1 aromatic carbocycles. The molecule has 112 valence electrons. The van der Waals surface area contributed by atoms with Gasteiger partial charge in [0.05, 0.1) is 5.02 Å². The Bertz CT molecular complexity index is 442. The van der Waals surface area contributed by atoms with Crippen LogP contribution < -0.4 is 4.74 Å². The molecular weight excluding hydrogens is 346 g/mol. The van der Waals surface area contributed by atoms with Gasteiger partial charge >= 0.3 is 0 Å². The number of aliphatic hydroxyl groups excluding tert-OH is 1. The van der Waals surface area contributed by atoms with Crippen LogP contribution in [0.1, 0.15) is 19.3 Å². The molecule has 1 N–H and O–H groups in total. The average molecular weight is 365 g/mol. The molecule has 0 unspecified atom stereocenters. The zero-order valence-electron chi connectivity index (χ0n) is 11.4. The number of rotatable bonds is 8. The van der Waals surface area contributed by atoms with Crippen LogP contribution in [0.3, 0.4) is 0 Å². The van der Waals surface area contributed by atoms with Gasteiger partial charge in [0.15, 0.2) is 6.61 Å². The van der Waals surface area contributed by atoms with Crippen molar-refractivity contribution in [2.45, 2.75) is 19.3 Å². The maximum absolute atomic E-state index is 11.9. The molecular formula is C14H19BrClNO3. The summed E-state index contributed by atoms with van der Waals surface area (Å²) in [6.45, 7) is 0.830. The highest BCUT2D eigenvalue weighted by Crippen LogP contribution is 2.27. The van der Waals surface area contributed by atoms with Crippen LogP contribution in [0.5, 0.6) is 5.75 Å². The molecule has 0 fully saturated rings. The van der Waals surface area contributed by atoms with Crippen molar-refractivity contribution in [2.75, 3.05) is 26.8 Å². The Morgan fingerprint density at radius 1 is 1.40 bits per heavy atom. The molecule has 4 nitrogen and oxygen atoms in total. The van der Waals surface area contributed by atoms with E-state index >= 15 is 0 Å². The number of amides is 1. The first kappa shape index (κ1) is 17.3. The standard InChI is InChI=1S/C14H19BrClNO3/c1-17(7-3-2-4-8-18)14(19)10-20-13-6-5-11(15)9-12(13)16/h5-6,9,18H,2-4,7-8,10H2,1H3. The van der Waals surface area contributed by atoms with Crippen molar-refractivity contribution in [1.82, 2.24) is 4.90 Å². The first-order valence-corrected chi connectivity index (χ1v) is 7.64. The van der Waals surface area contributed by atoms with Gasteiger partial charge in [0, 0.05) is 24.7 Å². The summed E-state index contributed by atoms with van der Waals surface area (Å²) in [5.74, 6) is 0.407. The van der Waals surface area contributed by atoms with E-state index < -0.39 is 0 Å². The van der Waals surface area contributed by atoms with E-state index in [0.717, 1.165) is 23.7 Å². The lowest BCUT2D eigenvalue weighted by atomic mass is 10.2. The quantitative estimate of drug-likeness (QED) is 0.721. The second-order valence-electron chi connectivity index (χ2n) is 4.46. The minimum Gasteiger partial charge on any atom is -0.482 e. The molecule has 1 rings (SSSR count). The summed E-state index contributed by atoms with van der Waals surface area (Å²) in [5, 5.41) is 9.15. The highest BCUT2D eigenvalue weighted by atomic mass is 79.9. The zero-order chi connectivity index (χ0) is 15.0. The zero-order valence-corrected chi connectivity index (χ0v) is 13.8. The van der Waals surface area contributed by atoms with Crippen LogP contribution in [0.25, 0.3) is 0 Å². The highest BCUT2D eigenvalue weighted by Gasteiger charge is 2.10. The van der Waals surface area contributed by atoms with Gasteiger partial charge in [-0.3, -0.25) is 4.79 Å². The second kappa shape index (κ2) is 9.21. The summed E-state index contributed by atoms with van der Waals surface area (Å²) < 4.78 is 6.28. The van der Waals surface area contributed by atoms with E-state index in [9.17, 15) is 4.79 Å². The van der Waals surface area contributed by atoms with Gasteiger partial charge in [0.1, 0.15) is 5.75 Å². The number of hydrogen-bond donors (Lipinski definition) is 1. The molecule has 1 aromatic rings. The number of likely N-dealkylation sites (N-methyl/N-ethyl adjacent to an activating group) is 1. The second-order valence-corrected chi connectivity index (χ2v) is 5.79. The molecule has 20 heavy (non-hydrogen) atoms. The smallest absolute Gasteiger partial charge is 0.260 e. The van der Waals surface area contributed by atoms with E-state index in [-0.39, 0.29) is 19.1 Å². The van der Waals surface area contributed by atoms with Crippen molar-refractivity contribution in [3.05, 3.63) is 27.7 Å². The first-order valence-electron chi connectivity index (χ1n) is 6.47. The molecule has 0 spiro atoms. The number of hydrogen-bond acceptors (Lipinski definition) is 3. The molecule has 0 saturated carbocycles. The maximum Gasteiger partial charge on any atom is 0.260 e. The fourth-order valence-electron chi connectivity index (χ4n) is 1.60. The van der Waals surface area contributed by atoms with Gasteiger partial charge in [-0.15, -0.1) is 0 Å². The third-order valence-corrected chi connectivity index (χ3v) is 3.61. The highest BCUT2D eigenvalue weighted by molar-refractivity contribution is 9.10. The Labute approximate surface area is 132 Å². The molecule has 0 saturated heterocycles. The summed E-state index contributed by atoms with van der Waals surface area (Å²) in [4.78, 5) is 13.5. The van der Waals surface area contributed by atoms with Crippen molar-refractivity contribution in [1.29, 1.82) is 0 Å². The van der Waals surface area contributed by atoms with Crippen molar-refractivity contribution in [3.8, 4) is 5.75 Å². The lowest BCUT2D eigenvalue weighted by Gasteiger charge is -2.17. The van der Waals surface area contributed by atoms with Crippen LogP contribution in [0.15, 0.2) is 22.7 Å². The fourth-order valence-corrected chi connectivity index (χ4v) is 2.33. The summed E-state index contributed by atoms with van der Waals surface area (Å²) in [7, 11) is 1.74. The van der Waals surface area contributed by atoms with Gasteiger partial charge in [-0.1, -0.05) is 27.5 Å². The Morgan fingerprint density at radius 2 is 2.15 bits per heavy atom. The average Bonchev–Trinajstić information content (AvgIpc) is 2.42. The molecule has 0 aliphatic heterocycles. The van der Waals surface area contributed by atoms with Crippen LogP contribution in [0.4, 0.5) is 0 Å². The molecule has 0 aliphatic carbocycles. The molecule has 0 atom stereocenters. The van der Waals surface area contributed by atoms with Gasteiger partial charge in [0.25, 0.3) is 5.91 Å². The predicted molar refractivity (Wildman–Crippen MR) is 83.2 cm³/mol. The summed E-state index contributed by atoms with van der Waals surface area (Å²) in [5.41, 5.74) is 0. The summed E-state index contributed by atoms with van der Waals surface area (Å²) in [6.07, 6.45) is 2.56. The van der Waals surface area contributed by atoms with E-state index in [1.165, 1.54) is 0 Å². The third kappa shape index (κ3) is 6.11. The fraction of sp³-hybridized carbons (Fsp3) is 0.500. The minimum atomic E-state index is -0.0898. The molecule has 0 bridgehead atoms. The van der Waals surface area contributed by atoms with Crippen LogP contribution in [0, 0.1) is 0 Å². The maximum atomic E-state index is 11.9. The minimum absolute atomic E-state index is 0.0299. The number of unbranched alkanes of at least 4 members (excludes halogenated alkanes) is 2. The van der Waals surface area contributed by atoms with Crippen LogP contribution in [0.2, 0.25) is 5.02 Å². The van der Waals surface area contributed by atoms with Gasteiger partial charge in [-0.2, -0.15) is 0 Å². The third-order valence-electron chi connectivity index (χ3n) is 2.82. The van der Waals surface area contributed by atoms with Crippen molar-refractivity contribution >= 4 is 33.4 Å².